The number of halogens is 1. The molecule has 5 heteroatoms. The van der Waals surface area contributed by atoms with Crippen molar-refractivity contribution in [2.75, 3.05) is 6.54 Å². The number of aliphatic hydroxyl groups excluding tert-OH is 1. The van der Waals surface area contributed by atoms with Gasteiger partial charge in [0.05, 0.1) is 0 Å². The maximum Gasteiger partial charge on any atom is 0.166 e. The highest BCUT2D eigenvalue weighted by atomic mass is 19.1. The van der Waals surface area contributed by atoms with Crippen LogP contribution in [-0.4, -0.2) is 16.6 Å². The maximum absolute atomic E-state index is 14.2. The molecular weight excluding hydrogens is 391 g/mol. The van der Waals surface area contributed by atoms with Gasteiger partial charge in [-0.15, -0.1) is 0 Å². The van der Waals surface area contributed by atoms with Crippen LogP contribution in [0.5, 0.6) is 11.5 Å². The summed E-state index contributed by atoms with van der Waals surface area (Å²) in [5.74, 6) is 0.113. The lowest BCUT2D eigenvalue weighted by Crippen LogP contribution is -2.22. The molecule has 0 aliphatic carbocycles. The minimum Gasteiger partial charge on any atom is -0.454 e. The summed E-state index contributed by atoms with van der Waals surface area (Å²) in [6.45, 7) is 6.27. The van der Waals surface area contributed by atoms with E-state index in [2.05, 4.69) is 36.9 Å². The molecule has 1 heterocycles. The smallest absolute Gasteiger partial charge is 0.166 e. The molecule has 0 bridgehead atoms. The maximum atomic E-state index is 14.2. The topological polar surface area (TPSA) is 58.7 Å². The first-order chi connectivity index (χ1) is 14.9. The Morgan fingerprint density at radius 2 is 1.77 bits per heavy atom. The lowest BCUT2D eigenvalue weighted by atomic mass is 9.99. The van der Waals surface area contributed by atoms with Crippen LogP contribution in [-0.2, 0) is 6.54 Å². The van der Waals surface area contributed by atoms with Gasteiger partial charge in [0.2, 0.25) is 0 Å². The second kappa shape index (κ2) is 9.18. The highest BCUT2D eigenvalue weighted by Crippen LogP contribution is 2.34. The van der Waals surface area contributed by atoms with Crippen LogP contribution in [0.1, 0.15) is 52.9 Å². The lowest BCUT2D eigenvalue weighted by Gasteiger charge is -2.25. The van der Waals surface area contributed by atoms with Crippen LogP contribution in [0.25, 0.3) is 0 Å². The van der Waals surface area contributed by atoms with Crippen molar-refractivity contribution in [3.05, 3.63) is 94.3 Å². The number of hydrogen-bond acceptors (Lipinski definition) is 4. The molecule has 2 atom stereocenters. The van der Waals surface area contributed by atoms with E-state index in [9.17, 15) is 9.50 Å². The van der Waals surface area contributed by atoms with Crippen molar-refractivity contribution >= 4 is 0 Å². The van der Waals surface area contributed by atoms with Crippen LogP contribution in [0, 0.1) is 19.7 Å². The highest BCUT2D eigenvalue weighted by Gasteiger charge is 2.26. The van der Waals surface area contributed by atoms with Crippen molar-refractivity contribution in [3.63, 3.8) is 0 Å². The number of nitrogens with two attached hydrogens (primary N) is 1. The Labute approximate surface area is 183 Å². The standard InChI is InChI=1S/C26H29FN2O2/c1-17-12-18(2)14-21(13-17)24-4-3-11-29(24)16-19-5-8-22(9-6-19)31-25-10-7-20(26(28)30)15-23(25)27/h5-10,12-15,24,26,30H,3-4,11,16,28H2,1-2H3/t24-,26?/m0/s1. The van der Waals surface area contributed by atoms with Gasteiger partial charge < -0.3 is 15.6 Å². The van der Waals surface area contributed by atoms with Crippen molar-refractivity contribution < 1.29 is 14.2 Å². The Bertz CT molecular complexity index is 1030. The Morgan fingerprint density at radius 3 is 2.42 bits per heavy atom. The van der Waals surface area contributed by atoms with Gasteiger partial charge in [0.15, 0.2) is 11.6 Å². The quantitative estimate of drug-likeness (QED) is 0.516. The first-order valence-electron chi connectivity index (χ1n) is 10.7. The number of aliphatic hydroxyl groups is 1. The fraction of sp³-hybridized carbons (Fsp3) is 0.308. The highest BCUT2D eigenvalue weighted by molar-refractivity contribution is 5.36. The van der Waals surface area contributed by atoms with E-state index in [0.717, 1.165) is 13.1 Å². The zero-order valence-corrected chi connectivity index (χ0v) is 18.0. The summed E-state index contributed by atoms with van der Waals surface area (Å²) < 4.78 is 19.9. The number of likely N-dealkylation sites (tertiary alicyclic amines) is 1. The lowest BCUT2D eigenvalue weighted by molar-refractivity contribution is 0.185. The van der Waals surface area contributed by atoms with Crippen molar-refractivity contribution in [1.29, 1.82) is 0 Å². The summed E-state index contributed by atoms with van der Waals surface area (Å²) in [5.41, 5.74) is 10.9. The average Bonchev–Trinajstić information content (AvgIpc) is 3.18. The number of hydrogen-bond donors (Lipinski definition) is 2. The molecule has 4 rings (SSSR count). The molecule has 0 spiro atoms. The molecule has 31 heavy (non-hydrogen) atoms. The van der Waals surface area contributed by atoms with Crippen molar-refractivity contribution in [1.82, 2.24) is 4.90 Å². The van der Waals surface area contributed by atoms with E-state index in [1.165, 1.54) is 47.2 Å². The summed E-state index contributed by atoms with van der Waals surface area (Å²) in [7, 11) is 0. The van der Waals surface area contributed by atoms with Crippen molar-refractivity contribution in [2.24, 2.45) is 5.73 Å². The first kappa shape index (κ1) is 21.5. The Morgan fingerprint density at radius 1 is 1.06 bits per heavy atom. The van der Waals surface area contributed by atoms with Gasteiger partial charge in [-0.05, 0) is 74.2 Å². The molecule has 1 fully saturated rings. The molecular formula is C26H29FN2O2. The number of aryl methyl sites for hydroxylation is 2. The van der Waals surface area contributed by atoms with E-state index in [0.29, 0.717) is 17.4 Å². The fourth-order valence-electron chi connectivity index (χ4n) is 4.40. The summed E-state index contributed by atoms with van der Waals surface area (Å²) >= 11 is 0. The Balaban J connectivity index is 1.43. The zero-order valence-electron chi connectivity index (χ0n) is 18.0. The Kier molecular flexibility index (Phi) is 6.37. The molecule has 3 N–H and O–H groups in total. The van der Waals surface area contributed by atoms with Crippen LogP contribution in [0.2, 0.25) is 0 Å². The molecule has 3 aromatic carbocycles. The largest absolute Gasteiger partial charge is 0.454 e. The predicted octanol–water partition coefficient (Wildman–Crippen LogP) is 5.52. The molecule has 162 valence electrons. The number of rotatable bonds is 6. The van der Waals surface area contributed by atoms with Gasteiger partial charge in [-0.25, -0.2) is 4.39 Å². The predicted molar refractivity (Wildman–Crippen MR) is 120 cm³/mol. The van der Waals surface area contributed by atoms with Crippen LogP contribution < -0.4 is 10.5 Å². The zero-order chi connectivity index (χ0) is 22.0. The molecule has 1 saturated heterocycles. The SMILES string of the molecule is Cc1cc(C)cc([C@@H]2CCCN2Cc2ccc(Oc3ccc(C(N)O)cc3F)cc2)c1. The van der Waals surface area contributed by atoms with Gasteiger partial charge in [0, 0.05) is 12.6 Å². The van der Waals surface area contributed by atoms with Crippen LogP contribution in [0.4, 0.5) is 4.39 Å². The Hall–Kier alpha value is -2.73. The third-order valence-corrected chi connectivity index (χ3v) is 5.83. The van der Waals surface area contributed by atoms with Gasteiger partial charge in [0.25, 0.3) is 0 Å². The van der Waals surface area contributed by atoms with E-state index in [4.69, 9.17) is 10.5 Å². The first-order valence-corrected chi connectivity index (χ1v) is 10.7. The second-order valence-electron chi connectivity index (χ2n) is 8.43. The minimum absolute atomic E-state index is 0.103. The summed E-state index contributed by atoms with van der Waals surface area (Å²) in [6, 6.07) is 19.3. The number of nitrogens with zero attached hydrogens (tertiary/aromatic N) is 1. The van der Waals surface area contributed by atoms with Crippen LogP contribution >= 0.6 is 0 Å². The van der Waals surface area contributed by atoms with Gasteiger partial charge in [-0.3, -0.25) is 4.90 Å². The average molecular weight is 421 g/mol. The van der Waals surface area contributed by atoms with Crippen molar-refractivity contribution in [3.8, 4) is 11.5 Å². The number of ether oxygens (including phenoxy) is 1. The van der Waals surface area contributed by atoms with E-state index in [-0.39, 0.29) is 5.75 Å². The van der Waals surface area contributed by atoms with E-state index in [1.807, 2.05) is 24.3 Å². The molecule has 1 unspecified atom stereocenters. The molecule has 1 aliphatic heterocycles. The number of benzene rings is 3. The third-order valence-electron chi connectivity index (χ3n) is 5.83. The minimum atomic E-state index is -1.21. The second-order valence-corrected chi connectivity index (χ2v) is 8.43. The molecule has 4 nitrogen and oxygen atoms in total. The van der Waals surface area contributed by atoms with Crippen molar-refractivity contribution in [2.45, 2.75) is 45.5 Å². The molecule has 3 aromatic rings. The van der Waals surface area contributed by atoms with Gasteiger partial charge >= 0.3 is 0 Å². The van der Waals surface area contributed by atoms with Gasteiger partial charge in [-0.2, -0.15) is 0 Å². The van der Waals surface area contributed by atoms with Crippen LogP contribution in [0.3, 0.4) is 0 Å². The van der Waals surface area contributed by atoms with E-state index < -0.39 is 12.0 Å². The van der Waals surface area contributed by atoms with E-state index >= 15 is 0 Å². The molecule has 0 radical (unpaired) electrons. The molecule has 0 amide bonds. The molecule has 0 aromatic heterocycles. The molecule has 0 saturated carbocycles. The van der Waals surface area contributed by atoms with Gasteiger partial charge in [-0.1, -0.05) is 47.5 Å². The van der Waals surface area contributed by atoms with Crippen LogP contribution in [0.15, 0.2) is 60.7 Å². The van der Waals surface area contributed by atoms with Gasteiger partial charge in [0.1, 0.15) is 12.0 Å². The monoisotopic (exact) mass is 420 g/mol. The summed E-state index contributed by atoms with van der Waals surface area (Å²) in [4.78, 5) is 2.53. The fourth-order valence-corrected chi connectivity index (χ4v) is 4.40. The third kappa shape index (κ3) is 5.13. The van der Waals surface area contributed by atoms with E-state index in [1.54, 1.807) is 6.07 Å². The normalized spacial score (nSPS) is 17.6. The molecule has 1 aliphatic rings. The summed E-state index contributed by atoms with van der Waals surface area (Å²) in [6.07, 6.45) is 1.17. The summed E-state index contributed by atoms with van der Waals surface area (Å²) in [5, 5.41) is 9.36.